The number of unbranched alkanes of at least 4 members (excludes halogenated alkanes) is 1. The molecule has 0 spiro atoms. The van der Waals surface area contributed by atoms with Crippen molar-refractivity contribution in [2.45, 2.75) is 32.7 Å². The first kappa shape index (κ1) is 15.7. The summed E-state index contributed by atoms with van der Waals surface area (Å²) >= 11 is 5.98. The topological polar surface area (TPSA) is 40.7 Å². The molecule has 114 valence electrons. The molecule has 7 heteroatoms. The number of imidazole rings is 1. The number of nitrogens with zero attached hydrogens (tertiary/aromatic N) is 1. The molecule has 0 aliphatic heterocycles. The van der Waals surface area contributed by atoms with E-state index in [0.717, 1.165) is 31.2 Å². The molecule has 1 heterocycles. The molecule has 0 saturated carbocycles. The minimum atomic E-state index is -1.22. The van der Waals surface area contributed by atoms with Gasteiger partial charge >= 0.3 is 0 Å². The summed E-state index contributed by atoms with van der Waals surface area (Å²) in [7, 11) is 0. The molecule has 21 heavy (non-hydrogen) atoms. The highest BCUT2D eigenvalue weighted by atomic mass is 35.5. The number of rotatable bonds is 6. The lowest BCUT2D eigenvalue weighted by Gasteiger charge is -2.07. The van der Waals surface area contributed by atoms with E-state index >= 15 is 0 Å². The summed E-state index contributed by atoms with van der Waals surface area (Å²) < 4.78 is 39.4. The number of hydrogen-bond acceptors (Lipinski definition) is 2. The van der Waals surface area contributed by atoms with Crippen LogP contribution >= 0.6 is 11.6 Å². The molecular formula is C14H15ClF3N3. The predicted octanol–water partition coefficient (Wildman–Crippen LogP) is 4.44. The average Bonchev–Trinajstić information content (AvgIpc) is 2.79. The summed E-state index contributed by atoms with van der Waals surface area (Å²) in [6.07, 6.45) is 2.79. The molecular weight excluding hydrogens is 303 g/mol. The Kier molecular flexibility index (Phi) is 5.12. The molecule has 0 aliphatic carbocycles. The van der Waals surface area contributed by atoms with Gasteiger partial charge in [0.1, 0.15) is 11.6 Å². The Morgan fingerprint density at radius 2 is 1.90 bits per heavy atom. The number of anilines is 1. The summed E-state index contributed by atoms with van der Waals surface area (Å²) in [6, 6.07) is 1.27. The molecule has 2 N–H and O–H groups in total. The Morgan fingerprint density at radius 1 is 1.19 bits per heavy atom. The first-order chi connectivity index (χ1) is 10.0. The monoisotopic (exact) mass is 317 g/mol. The molecule has 0 atom stereocenters. The highest BCUT2D eigenvalue weighted by Gasteiger charge is 2.12. The third kappa shape index (κ3) is 3.91. The Balaban J connectivity index is 2.06. The third-order valence-corrected chi connectivity index (χ3v) is 3.32. The van der Waals surface area contributed by atoms with Gasteiger partial charge in [0.15, 0.2) is 16.8 Å². The molecule has 0 amide bonds. The maximum atomic E-state index is 13.5. The van der Waals surface area contributed by atoms with Gasteiger partial charge < -0.3 is 10.3 Å². The van der Waals surface area contributed by atoms with Crippen molar-refractivity contribution in [1.82, 2.24) is 9.97 Å². The molecule has 2 aromatic rings. The average molecular weight is 318 g/mol. The van der Waals surface area contributed by atoms with Gasteiger partial charge in [-0.15, -0.1) is 0 Å². The first-order valence-corrected chi connectivity index (χ1v) is 7.00. The SMILES string of the molecule is CCCCc1nc(Cl)c(CNc2cc(F)c(F)cc2F)[nH]1. The molecule has 2 rings (SSSR count). The van der Waals surface area contributed by atoms with Crippen LogP contribution in [0, 0.1) is 17.5 Å². The van der Waals surface area contributed by atoms with E-state index in [0.29, 0.717) is 11.8 Å². The summed E-state index contributed by atoms with van der Waals surface area (Å²) in [5.74, 6) is -2.45. The van der Waals surface area contributed by atoms with Crippen LogP contribution in [0.15, 0.2) is 12.1 Å². The van der Waals surface area contributed by atoms with E-state index in [1.54, 1.807) is 0 Å². The van der Waals surface area contributed by atoms with Crippen molar-refractivity contribution >= 4 is 17.3 Å². The van der Waals surface area contributed by atoms with Gasteiger partial charge in [0.05, 0.1) is 17.9 Å². The highest BCUT2D eigenvalue weighted by Crippen LogP contribution is 2.21. The van der Waals surface area contributed by atoms with Gasteiger partial charge in [0, 0.05) is 18.6 Å². The quantitative estimate of drug-likeness (QED) is 0.774. The maximum absolute atomic E-state index is 13.5. The van der Waals surface area contributed by atoms with Crippen molar-refractivity contribution in [2.75, 3.05) is 5.32 Å². The second kappa shape index (κ2) is 6.85. The number of H-pyrrole nitrogens is 1. The van der Waals surface area contributed by atoms with Crippen LogP contribution in [0.4, 0.5) is 18.9 Å². The van der Waals surface area contributed by atoms with Crippen molar-refractivity contribution in [2.24, 2.45) is 0 Å². The minimum absolute atomic E-state index is 0.130. The third-order valence-electron chi connectivity index (χ3n) is 3.01. The molecule has 0 fully saturated rings. The first-order valence-electron chi connectivity index (χ1n) is 6.63. The van der Waals surface area contributed by atoms with E-state index < -0.39 is 17.5 Å². The van der Waals surface area contributed by atoms with Crippen LogP contribution in [0.25, 0.3) is 0 Å². The van der Waals surface area contributed by atoms with Crippen molar-refractivity contribution < 1.29 is 13.2 Å². The zero-order chi connectivity index (χ0) is 15.4. The van der Waals surface area contributed by atoms with Crippen LogP contribution in [-0.2, 0) is 13.0 Å². The van der Waals surface area contributed by atoms with Crippen LogP contribution in [0.5, 0.6) is 0 Å². The maximum Gasteiger partial charge on any atom is 0.161 e. The van der Waals surface area contributed by atoms with E-state index in [1.165, 1.54) is 0 Å². The number of aromatic nitrogens is 2. The lowest BCUT2D eigenvalue weighted by molar-refractivity contribution is 0.496. The standard InChI is InChI=1S/C14H15ClF3N3/c1-2-3-4-13-20-12(14(15)21-13)7-19-11-6-9(17)8(16)5-10(11)18/h5-6,19H,2-4,7H2,1H3,(H,20,21). The molecule has 1 aromatic heterocycles. The molecule has 1 aromatic carbocycles. The van der Waals surface area contributed by atoms with E-state index in [9.17, 15) is 13.2 Å². The van der Waals surface area contributed by atoms with Gasteiger partial charge in [-0.05, 0) is 6.42 Å². The molecule has 0 unspecified atom stereocenters. The molecule has 0 radical (unpaired) electrons. The lowest BCUT2D eigenvalue weighted by Crippen LogP contribution is -2.04. The Morgan fingerprint density at radius 3 is 2.62 bits per heavy atom. The minimum Gasteiger partial charge on any atom is -0.377 e. The Hall–Kier alpha value is -1.69. The summed E-state index contributed by atoms with van der Waals surface area (Å²) in [5, 5.41) is 2.96. The van der Waals surface area contributed by atoms with Gasteiger partial charge in [0.25, 0.3) is 0 Å². The van der Waals surface area contributed by atoms with Gasteiger partial charge in [-0.1, -0.05) is 24.9 Å². The summed E-state index contributed by atoms with van der Waals surface area (Å²) in [4.78, 5) is 7.19. The van der Waals surface area contributed by atoms with Crippen LogP contribution in [0.1, 0.15) is 31.3 Å². The smallest absolute Gasteiger partial charge is 0.161 e. The van der Waals surface area contributed by atoms with E-state index in [1.807, 2.05) is 0 Å². The number of aryl methyl sites for hydroxylation is 1. The van der Waals surface area contributed by atoms with Crippen LogP contribution in [0.3, 0.4) is 0 Å². The fourth-order valence-electron chi connectivity index (χ4n) is 1.86. The van der Waals surface area contributed by atoms with Crippen LogP contribution in [-0.4, -0.2) is 9.97 Å². The Bertz CT molecular complexity index is 628. The number of halogens is 4. The lowest BCUT2D eigenvalue weighted by atomic mass is 10.2. The van der Waals surface area contributed by atoms with Crippen LogP contribution < -0.4 is 5.32 Å². The number of hydrogen-bond donors (Lipinski definition) is 2. The number of nitrogens with one attached hydrogen (secondary N) is 2. The normalized spacial score (nSPS) is 10.9. The Labute approximate surface area is 125 Å². The fraction of sp³-hybridized carbons (Fsp3) is 0.357. The molecule has 3 nitrogen and oxygen atoms in total. The predicted molar refractivity (Wildman–Crippen MR) is 75.9 cm³/mol. The summed E-state index contributed by atoms with van der Waals surface area (Å²) in [6.45, 7) is 2.21. The van der Waals surface area contributed by atoms with Gasteiger partial charge in [0.2, 0.25) is 0 Å². The highest BCUT2D eigenvalue weighted by molar-refractivity contribution is 6.30. The molecule has 0 saturated heterocycles. The fourth-order valence-corrected chi connectivity index (χ4v) is 2.08. The zero-order valence-corrected chi connectivity index (χ0v) is 12.2. The summed E-state index contributed by atoms with van der Waals surface area (Å²) in [5.41, 5.74) is 0.446. The van der Waals surface area contributed by atoms with Crippen molar-refractivity contribution in [3.63, 3.8) is 0 Å². The number of benzene rings is 1. The molecule has 0 aliphatic rings. The van der Waals surface area contributed by atoms with Crippen molar-refractivity contribution in [3.05, 3.63) is 46.3 Å². The zero-order valence-electron chi connectivity index (χ0n) is 11.4. The largest absolute Gasteiger partial charge is 0.377 e. The van der Waals surface area contributed by atoms with Crippen LogP contribution in [0.2, 0.25) is 5.15 Å². The van der Waals surface area contributed by atoms with E-state index in [-0.39, 0.29) is 17.4 Å². The van der Waals surface area contributed by atoms with Gasteiger partial charge in [-0.25, -0.2) is 18.2 Å². The van der Waals surface area contributed by atoms with Gasteiger partial charge in [-0.3, -0.25) is 0 Å². The van der Waals surface area contributed by atoms with Gasteiger partial charge in [-0.2, -0.15) is 0 Å². The molecule has 0 bridgehead atoms. The van der Waals surface area contributed by atoms with E-state index in [2.05, 4.69) is 22.2 Å². The second-order valence-electron chi connectivity index (χ2n) is 4.66. The van der Waals surface area contributed by atoms with E-state index in [4.69, 9.17) is 11.6 Å². The number of aromatic amines is 1. The van der Waals surface area contributed by atoms with Crippen molar-refractivity contribution in [1.29, 1.82) is 0 Å². The second-order valence-corrected chi connectivity index (χ2v) is 5.01. The van der Waals surface area contributed by atoms with Crippen molar-refractivity contribution in [3.8, 4) is 0 Å².